The van der Waals surface area contributed by atoms with E-state index < -0.39 is 0 Å². The summed E-state index contributed by atoms with van der Waals surface area (Å²) in [6.07, 6.45) is 1.74. The minimum atomic E-state index is 0.444. The van der Waals surface area contributed by atoms with Gasteiger partial charge in [0.25, 0.3) is 0 Å². The molecule has 0 amide bonds. The summed E-state index contributed by atoms with van der Waals surface area (Å²) in [5.74, 6) is 0. The summed E-state index contributed by atoms with van der Waals surface area (Å²) in [6, 6.07) is 3.62. The van der Waals surface area contributed by atoms with Gasteiger partial charge in [-0.3, -0.25) is 0 Å². The molecule has 0 aliphatic carbocycles. The van der Waals surface area contributed by atoms with E-state index in [1.165, 1.54) is 11.3 Å². The lowest BCUT2D eigenvalue weighted by Gasteiger charge is -2.03. The SMILES string of the molecule is NCc1ccc(Cl)nc1-c1nccs1. The molecule has 0 saturated carbocycles. The Balaban J connectivity index is 2.55. The van der Waals surface area contributed by atoms with E-state index in [-0.39, 0.29) is 0 Å². The molecule has 0 atom stereocenters. The molecule has 14 heavy (non-hydrogen) atoms. The second-order valence-corrected chi connectivity index (χ2v) is 3.96. The second-order valence-electron chi connectivity index (χ2n) is 2.68. The third kappa shape index (κ3) is 1.77. The van der Waals surface area contributed by atoms with Gasteiger partial charge in [-0.2, -0.15) is 0 Å². The zero-order valence-electron chi connectivity index (χ0n) is 7.27. The number of nitrogens with zero attached hydrogens (tertiary/aromatic N) is 2. The van der Waals surface area contributed by atoms with Crippen molar-refractivity contribution in [3.8, 4) is 10.7 Å². The smallest absolute Gasteiger partial charge is 0.142 e. The van der Waals surface area contributed by atoms with Gasteiger partial charge in [-0.15, -0.1) is 11.3 Å². The number of rotatable bonds is 2. The maximum atomic E-state index is 5.82. The summed E-state index contributed by atoms with van der Waals surface area (Å²) in [7, 11) is 0. The number of nitrogens with two attached hydrogens (primary N) is 1. The predicted molar refractivity (Wildman–Crippen MR) is 58.2 cm³/mol. The lowest BCUT2D eigenvalue weighted by Crippen LogP contribution is -2.00. The largest absolute Gasteiger partial charge is 0.326 e. The van der Waals surface area contributed by atoms with Gasteiger partial charge in [0, 0.05) is 18.1 Å². The van der Waals surface area contributed by atoms with Gasteiger partial charge in [0.15, 0.2) is 0 Å². The van der Waals surface area contributed by atoms with Crippen molar-refractivity contribution in [2.45, 2.75) is 6.54 Å². The highest BCUT2D eigenvalue weighted by molar-refractivity contribution is 7.13. The van der Waals surface area contributed by atoms with E-state index in [0.29, 0.717) is 11.7 Å². The molecule has 2 N–H and O–H groups in total. The lowest BCUT2D eigenvalue weighted by atomic mass is 10.2. The monoisotopic (exact) mass is 225 g/mol. The maximum absolute atomic E-state index is 5.82. The molecular formula is C9H8ClN3S. The van der Waals surface area contributed by atoms with Crippen LogP contribution in [-0.4, -0.2) is 9.97 Å². The molecule has 0 aromatic carbocycles. The Morgan fingerprint density at radius 3 is 2.93 bits per heavy atom. The zero-order chi connectivity index (χ0) is 9.97. The van der Waals surface area contributed by atoms with Crippen molar-refractivity contribution in [1.82, 2.24) is 9.97 Å². The van der Waals surface area contributed by atoms with E-state index >= 15 is 0 Å². The Kier molecular flexibility index (Phi) is 2.77. The molecule has 0 aliphatic rings. The van der Waals surface area contributed by atoms with Gasteiger partial charge in [-0.1, -0.05) is 17.7 Å². The molecular weight excluding hydrogens is 218 g/mol. The molecule has 0 fully saturated rings. The quantitative estimate of drug-likeness (QED) is 0.799. The van der Waals surface area contributed by atoms with Gasteiger partial charge in [-0.05, 0) is 11.6 Å². The summed E-state index contributed by atoms with van der Waals surface area (Å²) >= 11 is 7.34. The predicted octanol–water partition coefficient (Wildman–Crippen LogP) is 2.32. The van der Waals surface area contributed by atoms with Gasteiger partial charge in [0.2, 0.25) is 0 Å². The van der Waals surface area contributed by atoms with Gasteiger partial charge >= 0.3 is 0 Å². The van der Waals surface area contributed by atoms with Gasteiger partial charge in [0.05, 0.1) is 0 Å². The van der Waals surface area contributed by atoms with Crippen molar-refractivity contribution in [1.29, 1.82) is 0 Å². The van der Waals surface area contributed by atoms with Crippen molar-refractivity contribution >= 4 is 22.9 Å². The van der Waals surface area contributed by atoms with Crippen molar-refractivity contribution in [3.05, 3.63) is 34.4 Å². The third-order valence-corrected chi connectivity index (χ3v) is 2.79. The molecule has 72 valence electrons. The zero-order valence-corrected chi connectivity index (χ0v) is 8.85. The molecule has 2 rings (SSSR count). The fourth-order valence-corrected chi connectivity index (χ4v) is 1.96. The van der Waals surface area contributed by atoms with Crippen molar-refractivity contribution < 1.29 is 0 Å². The van der Waals surface area contributed by atoms with E-state index in [0.717, 1.165) is 16.3 Å². The molecule has 2 aromatic rings. The average molecular weight is 226 g/mol. The van der Waals surface area contributed by atoms with Crippen molar-refractivity contribution in [2.75, 3.05) is 0 Å². The van der Waals surface area contributed by atoms with Crippen LogP contribution in [0, 0.1) is 0 Å². The first-order chi connectivity index (χ1) is 6.81. The number of aromatic nitrogens is 2. The number of thiazole rings is 1. The van der Waals surface area contributed by atoms with Crippen LogP contribution in [0.25, 0.3) is 10.7 Å². The molecule has 2 aromatic heterocycles. The van der Waals surface area contributed by atoms with E-state index in [4.69, 9.17) is 17.3 Å². The molecule has 0 aliphatic heterocycles. The fraction of sp³-hybridized carbons (Fsp3) is 0.111. The first kappa shape index (κ1) is 9.58. The Hall–Kier alpha value is -0.970. The topological polar surface area (TPSA) is 51.8 Å². The average Bonchev–Trinajstić information content (AvgIpc) is 2.70. The van der Waals surface area contributed by atoms with E-state index in [1.807, 2.05) is 11.4 Å². The standard InChI is InChI=1S/C9H8ClN3S/c10-7-2-1-6(5-11)8(13-7)9-12-3-4-14-9/h1-4H,5,11H2. The van der Waals surface area contributed by atoms with Gasteiger partial charge < -0.3 is 5.73 Å². The minimum absolute atomic E-state index is 0.444. The van der Waals surface area contributed by atoms with E-state index in [1.54, 1.807) is 12.3 Å². The van der Waals surface area contributed by atoms with E-state index in [9.17, 15) is 0 Å². The van der Waals surface area contributed by atoms with Crippen LogP contribution in [0.1, 0.15) is 5.56 Å². The number of halogens is 1. The lowest BCUT2D eigenvalue weighted by molar-refractivity contribution is 1.05. The second kappa shape index (κ2) is 4.04. The summed E-state index contributed by atoms with van der Waals surface area (Å²) in [4.78, 5) is 8.40. The first-order valence-corrected chi connectivity index (χ1v) is 5.32. The summed E-state index contributed by atoms with van der Waals surface area (Å²) < 4.78 is 0. The molecule has 0 unspecified atom stereocenters. The first-order valence-electron chi connectivity index (χ1n) is 4.06. The summed E-state index contributed by atoms with van der Waals surface area (Å²) in [5, 5.41) is 3.22. The molecule has 5 heteroatoms. The highest BCUT2D eigenvalue weighted by Crippen LogP contribution is 2.24. The molecule has 0 spiro atoms. The molecule has 2 heterocycles. The van der Waals surface area contributed by atoms with Crippen LogP contribution in [0.3, 0.4) is 0 Å². The van der Waals surface area contributed by atoms with Crippen molar-refractivity contribution in [2.24, 2.45) is 5.73 Å². The third-order valence-electron chi connectivity index (χ3n) is 1.80. The van der Waals surface area contributed by atoms with Gasteiger partial charge in [-0.25, -0.2) is 9.97 Å². The number of hydrogen-bond acceptors (Lipinski definition) is 4. The number of hydrogen-bond donors (Lipinski definition) is 1. The summed E-state index contributed by atoms with van der Waals surface area (Å²) in [5.41, 5.74) is 7.35. The normalized spacial score (nSPS) is 10.4. The Bertz CT molecular complexity index is 428. The molecule has 0 radical (unpaired) electrons. The maximum Gasteiger partial charge on any atom is 0.142 e. The Labute approximate surface area is 90.6 Å². The highest BCUT2D eigenvalue weighted by Gasteiger charge is 2.08. The van der Waals surface area contributed by atoms with Crippen LogP contribution in [-0.2, 0) is 6.54 Å². The van der Waals surface area contributed by atoms with Crippen LogP contribution >= 0.6 is 22.9 Å². The summed E-state index contributed by atoms with van der Waals surface area (Å²) in [6.45, 7) is 0.444. The fourth-order valence-electron chi connectivity index (χ4n) is 1.15. The van der Waals surface area contributed by atoms with Crippen LogP contribution in [0.5, 0.6) is 0 Å². The van der Waals surface area contributed by atoms with Crippen LogP contribution in [0.15, 0.2) is 23.7 Å². The van der Waals surface area contributed by atoms with Crippen LogP contribution in [0.4, 0.5) is 0 Å². The Morgan fingerprint density at radius 1 is 1.43 bits per heavy atom. The Morgan fingerprint density at radius 2 is 2.29 bits per heavy atom. The number of pyridine rings is 1. The van der Waals surface area contributed by atoms with Crippen LogP contribution in [0.2, 0.25) is 5.15 Å². The van der Waals surface area contributed by atoms with Gasteiger partial charge in [0.1, 0.15) is 15.9 Å². The molecule has 0 bridgehead atoms. The molecule has 3 nitrogen and oxygen atoms in total. The molecule has 0 saturated heterocycles. The van der Waals surface area contributed by atoms with E-state index in [2.05, 4.69) is 9.97 Å². The minimum Gasteiger partial charge on any atom is -0.326 e. The van der Waals surface area contributed by atoms with Crippen molar-refractivity contribution in [3.63, 3.8) is 0 Å². The highest BCUT2D eigenvalue weighted by atomic mass is 35.5. The van der Waals surface area contributed by atoms with Crippen LogP contribution < -0.4 is 5.73 Å².